The molecule has 0 aliphatic carbocycles. The summed E-state index contributed by atoms with van der Waals surface area (Å²) in [6, 6.07) is 0. The lowest BCUT2D eigenvalue weighted by Gasteiger charge is -2.28. The summed E-state index contributed by atoms with van der Waals surface area (Å²) in [7, 11) is -0.636. The second-order valence-corrected chi connectivity index (χ2v) is 5.52. The first-order valence-corrected chi connectivity index (χ1v) is 6.26. The van der Waals surface area contributed by atoms with Gasteiger partial charge in [0.05, 0.1) is 20.6 Å². The number of rotatable bonds is 6. The second kappa shape index (κ2) is 5.43. The van der Waals surface area contributed by atoms with Crippen molar-refractivity contribution >= 4 is 16.0 Å². The molecule has 0 fully saturated rings. The Hall–Kier alpha value is -0.660. The van der Waals surface area contributed by atoms with Gasteiger partial charge < -0.3 is 14.4 Å². The molecule has 0 saturated heterocycles. The minimum absolute atomic E-state index is 0.170. The number of likely N-dealkylation sites (N-methyl/N-ethyl adjacent to an activating group) is 1. The molecule has 0 unspecified atom stereocenters. The molecule has 0 saturated carbocycles. The highest BCUT2D eigenvalue weighted by Gasteiger charge is 2.18. The number of quaternary nitrogens is 1. The highest BCUT2D eigenvalue weighted by Crippen LogP contribution is 1.98. The third-order valence-corrected chi connectivity index (χ3v) is 2.34. The van der Waals surface area contributed by atoms with Gasteiger partial charge in [-0.25, -0.2) is 8.42 Å². The van der Waals surface area contributed by atoms with Crippen molar-refractivity contribution in [3.8, 4) is 0 Å². The minimum atomic E-state index is -4.38. The average Bonchev–Trinajstić information content (AvgIpc) is 1.98. The number of nitrogens with one attached hydrogen (secondary N) is 1. The van der Waals surface area contributed by atoms with Gasteiger partial charge in [-0.05, 0) is 6.42 Å². The topological polar surface area (TPSA) is 86.3 Å². The van der Waals surface area contributed by atoms with Gasteiger partial charge >= 0.3 is 0 Å². The summed E-state index contributed by atoms with van der Waals surface area (Å²) >= 11 is 0. The van der Waals surface area contributed by atoms with Crippen LogP contribution in [0.3, 0.4) is 0 Å². The quantitative estimate of drug-likeness (QED) is 0.479. The fraction of sp³-hybridized carbons (Fsp3) is 0.875. The van der Waals surface area contributed by atoms with E-state index in [1.807, 2.05) is 21.0 Å². The molecular formula is C8H18N2O4S. The largest absolute Gasteiger partial charge is 0.747 e. The van der Waals surface area contributed by atoms with Gasteiger partial charge in [0.25, 0.3) is 5.91 Å². The molecule has 0 heterocycles. The normalized spacial score (nSPS) is 12.5. The van der Waals surface area contributed by atoms with Crippen molar-refractivity contribution in [2.45, 2.75) is 13.3 Å². The van der Waals surface area contributed by atoms with E-state index in [9.17, 15) is 17.8 Å². The van der Waals surface area contributed by atoms with Crippen molar-refractivity contribution in [2.24, 2.45) is 0 Å². The third-order valence-electron chi connectivity index (χ3n) is 1.85. The van der Waals surface area contributed by atoms with Crippen molar-refractivity contribution < 1.29 is 22.2 Å². The van der Waals surface area contributed by atoms with Crippen LogP contribution in [-0.4, -0.2) is 56.4 Å². The summed E-state index contributed by atoms with van der Waals surface area (Å²) < 4.78 is 31.2. The first-order valence-electron chi connectivity index (χ1n) is 4.68. The van der Waals surface area contributed by atoms with E-state index < -0.39 is 21.9 Å². The fourth-order valence-corrected chi connectivity index (χ4v) is 1.64. The molecule has 0 radical (unpaired) electrons. The lowest BCUT2D eigenvalue weighted by molar-refractivity contribution is -0.882. The molecule has 6 nitrogen and oxygen atoms in total. The minimum Gasteiger partial charge on any atom is -0.747 e. The molecule has 15 heavy (non-hydrogen) atoms. The maximum absolute atomic E-state index is 11.3. The van der Waals surface area contributed by atoms with Crippen LogP contribution in [0, 0.1) is 0 Å². The van der Waals surface area contributed by atoms with Crippen molar-refractivity contribution in [3.05, 3.63) is 0 Å². The van der Waals surface area contributed by atoms with Crippen LogP contribution >= 0.6 is 0 Å². The molecule has 0 aromatic rings. The lowest BCUT2D eigenvalue weighted by Crippen LogP contribution is -2.48. The maximum atomic E-state index is 11.3. The number of carbonyl (C=O) groups is 1. The number of nitrogens with zero attached hydrogens (tertiary/aromatic N) is 1. The number of amides is 1. The van der Waals surface area contributed by atoms with Crippen LogP contribution in [0.4, 0.5) is 0 Å². The molecule has 0 spiro atoms. The molecule has 0 atom stereocenters. The summed E-state index contributed by atoms with van der Waals surface area (Å²) in [5.41, 5.74) is 0. The molecular weight excluding hydrogens is 220 g/mol. The summed E-state index contributed by atoms with van der Waals surface area (Å²) in [5, 5.41) is 2.08. The number of carbonyl (C=O) groups excluding carboxylic acids is 1. The van der Waals surface area contributed by atoms with Crippen LogP contribution in [0.2, 0.25) is 0 Å². The molecule has 0 bridgehead atoms. The van der Waals surface area contributed by atoms with E-state index in [1.165, 1.54) is 0 Å². The molecule has 1 amide bonds. The molecule has 0 aliphatic rings. The van der Waals surface area contributed by atoms with Gasteiger partial charge in [0.1, 0.15) is 16.0 Å². The predicted octanol–water partition coefficient (Wildman–Crippen LogP) is -0.908. The van der Waals surface area contributed by atoms with Gasteiger partial charge in [0.2, 0.25) is 0 Å². The van der Waals surface area contributed by atoms with Gasteiger partial charge in [-0.15, -0.1) is 0 Å². The van der Waals surface area contributed by atoms with Crippen LogP contribution in [0.5, 0.6) is 0 Å². The molecule has 0 aromatic carbocycles. The Morgan fingerprint density at radius 2 is 1.93 bits per heavy atom. The standard InChI is InChI=1S/C8H18N2O4S/c1-4-5-10(2,3)6-8(11)9-7-15(12,13)14/h4-7H2,1-3H3,(H-,9,11,12,13,14). The molecule has 0 rings (SSSR count). The first-order chi connectivity index (χ1) is 6.66. The summed E-state index contributed by atoms with van der Waals surface area (Å²) in [6.07, 6.45) is 0.931. The first kappa shape index (κ1) is 14.3. The maximum Gasteiger partial charge on any atom is 0.276 e. The predicted molar refractivity (Wildman–Crippen MR) is 54.8 cm³/mol. The average molecular weight is 238 g/mol. The van der Waals surface area contributed by atoms with Crippen LogP contribution in [0.15, 0.2) is 0 Å². The van der Waals surface area contributed by atoms with Crippen LogP contribution in [-0.2, 0) is 14.9 Å². The van der Waals surface area contributed by atoms with Gasteiger partial charge in [-0.2, -0.15) is 0 Å². The highest BCUT2D eigenvalue weighted by molar-refractivity contribution is 7.85. The zero-order valence-corrected chi connectivity index (χ0v) is 10.1. The van der Waals surface area contributed by atoms with Crippen LogP contribution < -0.4 is 5.32 Å². The Kier molecular flexibility index (Phi) is 5.19. The molecule has 7 heteroatoms. The SMILES string of the molecule is CCC[N+](C)(C)CC(=O)NCS(=O)(=O)[O-]. The van der Waals surface area contributed by atoms with Gasteiger partial charge in [-0.1, -0.05) is 6.92 Å². The zero-order valence-electron chi connectivity index (χ0n) is 9.32. The van der Waals surface area contributed by atoms with E-state index in [1.54, 1.807) is 0 Å². The Balaban J connectivity index is 4.04. The lowest BCUT2D eigenvalue weighted by atomic mass is 10.3. The third kappa shape index (κ3) is 8.34. The molecule has 90 valence electrons. The van der Waals surface area contributed by atoms with E-state index >= 15 is 0 Å². The van der Waals surface area contributed by atoms with Gasteiger partial charge in [0, 0.05) is 0 Å². The monoisotopic (exact) mass is 238 g/mol. The summed E-state index contributed by atoms with van der Waals surface area (Å²) in [4.78, 5) is 11.3. The zero-order chi connectivity index (χ0) is 12.1. The van der Waals surface area contributed by atoms with Crippen LogP contribution in [0.25, 0.3) is 0 Å². The van der Waals surface area contributed by atoms with Crippen molar-refractivity contribution in [1.29, 1.82) is 0 Å². The smallest absolute Gasteiger partial charge is 0.276 e. The van der Waals surface area contributed by atoms with Crippen LogP contribution in [0.1, 0.15) is 13.3 Å². The summed E-state index contributed by atoms with van der Waals surface area (Å²) in [5.74, 6) is -1.26. The van der Waals surface area contributed by atoms with E-state index in [0.29, 0.717) is 4.48 Å². The fourth-order valence-electron chi connectivity index (χ4n) is 1.30. The Morgan fingerprint density at radius 3 is 2.33 bits per heavy atom. The van der Waals surface area contributed by atoms with E-state index in [0.717, 1.165) is 13.0 Å². The molecule has 1 N–H and O–H groups in total. The molecule has 0 aromatic heterocycles. The van der Waals surface area contributed by atoms with Gasteiger partial charge in [-0.3, -0.25) is 4.79 Å². The van der Waals surface area contributed by atoms with Crippen molar-refractivity contribution in [3.63, 3.8) is 0 Å². The second-order valence-electron chi connectivity index (χ2n) is 4.12. The number of hydrogen-bond donors (Lipinski definition) is 1. The van der Waals surface area contributed by atoms with E-state index in [2.05, 4.69) is 5.32 Å². The van der Waals surface area contributed by atoms with Crippen molar-refractivity contribution in [1.82, 2.24) is 5.32 Å². The van der Waals surface area contributed by atoms with E-state index in [-0.39, 0.29) is 6.54 Å². The summed E-state index contributed by atoms with van der Waals surface area (Å²) in [6.45, 7) is 2.99. The Morgan fingerprint density at radius 1 is 1.40 bits per heavy atom. The van der Waals surface area contributed by atoms with Crippen molar-refractivity contribution in [2.75, 3.05) is 33.1 Å². The Bertz CT molecular complexity index is 311. The van der Waals surface area contributed by atoms with E-state index in [4.69, 9.17) is 0 Å². The highest BCUT2D eigenvalue weighted by atomic mass is 32.2. The van der Waals surface area contributed by atoms with Gasteiger partial charge in [0.15, 0.2) is 6.54 Å². The Labute approximate surface area is 90.6 Å². The molecule has 0 aliphatic heterocycles. The number of hydrogen-bond acceptors (Lipinski definition) is 4.